The SMILES string of the molecule is Cc1cc(O[Si](C)(C)C(C)(C)C)ccc1Nc1cc(C#N)n(C)c1C. The molecule has 0 bridgehead atoms. The van der Waals surface area contributed by atoms with Crippen molar-refractivity contribution in [1.82, 2.24) is 4.57 Å². The summed E-state index contributed by atoms with van der Waals surface area (Å²) in [5.74, 6) is 0.928. The average molecular weight is 356 g/mol. The molecule has 1 aromatic heterocycles. The zero-order chi connectivity index (χ0) is 19.0. The van der Waals surface area contributed by atoms with E-state index in [1.54, 1.807) is 0 Å². The molecule has 0 atom stereocenters. The molecule has 0 amide bonds. The summed E-state index contributed by atoms with van der Waals surface area (Å²) in [5, 5.41) is 12.8. The Morgan fingerprint density at radius 1 is 1.12 bits per heavy atom. The lowest BCUT2D eigenvalue weighted by Gasteiger charge is -2.36. The lowest BCUT2D eigenvalue weighted by molar-refractivity contribution is 0.492. The number of rotatable bonds is 4. The van der Waals surface area contributed by atoms with E-state index in [4.69, 9.17) is 4.43 Å². The number of aryl methyl sites for hydroxylation is 1. The largest absolute Gasteiger partial charge is 0.543 e. The first kappa shape index (κ1) is 19.1. The molecule has 0 aliphatic heterocycles. The van der Waals surface area contributed by atoms with Gasteiger partial charge >= 0.3 is 0 Å². The van der Waals surface area contributed by atoms with Crippen LogP contribution in [0.5, 0.6) is 5.75 Å². The number of nitrogens with zero attached hydrogens (tertiary/aromatic N) is 2. The molecule has 5 heteroatoms. The maximum absolute atomic E-state index is 9.18. The van der Waals surface area contributed by atoms with Crippen LogP contribution in [-0.4, -0.2) is 12.9 Å². The van der Waals surface area contributed by atoms with Crippen LogP contribution in [0.15, 0.2) is 24.3 Å². The number of aromatic nitrogens is 1. The van der Waals surface area contributed by atoms with Crippen LogP contribution < -0.4 is 9.74 Å². The third kappa shape index (κ3) is 3.90. The van der Waals surface area contributed by atoms with Crippen LogP contribution in [0.25, 0.3) is 0 Å². The molecule has 0 aliphatic rings. The number of anilines is 2. The van der Waals surface area contributed by atoms with E-state index >= 15 is 0 Å². The normalized spacial score (nSPS) is 12.0. The molecule has 4 nitrogen and oxygen atoms in total. The molecule has 0 fully saturated rings. The predicted molar refractivity (Wildman–Crippen MR) is 107 cm³/mol. The standard InChI is InChI=1S/C20H29N3OSi/c1-14-11-17(24-25(7,8)20(3,4)5)9-10-18(14)22-19-12-16(13-21)23(6)15(19)2/h9-12,22H,1-8H3. The molecular formula is C20H29N3OSi. The zero-order valence-electron chi connectivity index (χ0n) is 16.6. The van der Waals surface area contributed by atoms with Gasteiger partial charge < -0.3 is 14.3 Å². The van der Waals surface area contributed by atoms with Crippen LogP contribution in [0.4, 0.5) is 11.4 Å². The molecule has 25 heavy (non-hydrogen) atoms. The second-order valence-corrected chi connectivity index (χ2v) is 12.9. The summed E-state index contributed by atoms with van der Waals surface area (Å²) in [6, 6.07) is 10.3. The van der Waals surface area contributed by atoms with Gasteiger partial charge in [-0.1, -0.05) is 20.8 Å². The first-order valence-corrected chi connectivity index (χ1v) is 11.5. The summed E-state index contributed by atoms with van der Waals surface area (Å²) in [6.45, 7) is 15.3. The van der Waals surface area contributed by atoms with Gasteiger partial charge in [-0.3, -0.25) is 0 Å². The minimum absolute atomic E-state index is 0.173. The molecule has 1 heterocycles. The Bertz CT molecular complexity index is 823. The van der Waals surface area contributed by atoms with Crippen LogP contribution >= 0.6 is 0 Å². The summed E-state index contributed by atoms with van der Waals surface area (Å²) < 4.78 is 8.28. The van der Waals surface area contributed by atoms with Gasteiger partial charge in [0.2, 0.25) is 8.32 Å². The summed E-state index contributed by atoms with van der Waals surface area (Å²) in [5.41, 5.74) is 4.80. The smallest absolute Gasteiger partial charge is 0.250 e. The summed E-state index contributed by atoms with van der Waals surface area (Å²) >= 11 is 0. The molecule has 0 saturated carbocycles. The van der Waals surface area contributed by atoms with Gasteiger partial charge in [0.15, 0.2) is 0 Å². The highest BCUT2D eigenvalue weighted by Gasteiger charge is 2.38. The van der Waals surface area contributed by atoms with Gasteiger partial charge in [0.1, 0.15) is 17.5 Å². The topological polar surface area (TPSA) is 50.0 Å². The first-order valence-electron chi connectivity index (χ1n) is 8.59. The van der Waals surface area contributed by atoms with Crippen LogP contribution in [0.1, 0.15) is 37.7 Å². The summed E-state index contributed by atoms with van der Waals surface area (Å²) in [7, 11) is 0.0669. The number of nitrogens with one attached hydrogen (secondary N) is 1. The van der Waals surface area contributed by atoms with Gasteiger partial charge in [-0.05, 0) is 61.8 Å². The molecule has 1 N–H and O–H groups in total. The Hall–Kier alpha value is -2.19. The van der Waals surface area contributed by atoms with Crippen molar-refractivity contribution in [3.8, 4) is 11.8 Å². The van der Waals surface area contributed by atoms with E-state index in [9.17, 15) is 5.26 Å². The van der Waals surface area contributed by atoms with Crippen molar-refractivity contribution >= 4 is 19.7 Å². The van der Waals surface area contributed by atoms with Crippen molar-refractivity contribution in [3.63, 3.8) is 0 Å². The monoisotopic (exact) mass is 355 g/mol. The maximum Gasteiger partial charge on any atom is 0.250 e. The molecule has 2 rings (SSSR count). The quantitative estimate of drug-likeness (QED) is 0.722. The number of benzene rings is 1. The Kier molecular flexibility index (Phi) is 5.06. The van der Waals surface area contributed by atoms with Gasteiger partial charge in [0.25, 0.3) is 0 Å². The molecule has 134 valence electrons. The second-order valence-electron chi connectivity index (χ2n) is 8.16. The molecule has 0 spiro atoms. The van der Waals surface area contributed by atoms with Gasteiger partial charge in [-0.2, -0.15) is 5.26 Å². The molecule has 2 aromatic rings. The van der Waals surface area contributed by atoms with Gasteiger partial charge in [0, 0.05) is 18.4 Å². The Morgan fingerprint density at radius 3 is 2.24 bits per heavy atom. The Morgan fingerprint density at radius 2 is 1.76 bits per heavy atom. The minimum Gasteiger partial charge on any atom is -0.543 e. The van der Waals surface area contributed by atoms with Crippen molar-refractivity contribution in [3.05, 3.63) is 41.2 Å². The van der Waals surface area contributed by atoms with Gasteiger partial charge in [0.05, 0.1) is 5.69 Å². The summed E-state index contributed by atoms with van der Waals surface area (Å²) in [4.78, 5) is 0. The van der Waals surface area contributed by atoms with Crippen molar-refractivity contribution in [1.29, 1.82) is 5.26 Å². The lowest BCUT2D eigenvalue weighted by atomic mass is 10.2. The van der Waals surface area contributed by atoms with Crippen LogP contribution in [-0.2, 0) is 7.05 Å². The van der Waals surface area contributed by atoms with Crippen LogP contribution in [0.3, 0.4) is 0 Å². The lowest BCUT2D eigenvalue weighted by Crippen LogP contribution is -2.43. The molecule has 1 aromatic carbocycles. The molecular weight excluding hydrogens is 326 g/mol. The highest BCUT2D eigenvalue weighted by atomic mass is 28.4. The fourth-order valence-electron chi connectivity index (χ4n) is 2.37. The number of nitriles is 1. The van der Waals surface area contributed by atoms with E-state index in [2.05, 4.69) is 64.3 Å². The average Bonchev–Trinajstić information content (AvgIpc) is 2.76. The molecule has 0 aliphatic carbocycles. The van der Waals surface area contributed by atoms with E-state index < -0.39 is 8.32 Å². The maximum atomic E-state index is 9.18. The van der Waals surface area contributed by atoms with E-state index in [-0.39, 0.29) is 5.04 Å². The third-order valence-corrected chi connectivity index (χ3v) is 9.65. The minimum atomic E-state index is -1.84. The fraction of sp³-hybridized carbons (Fsp3) is 0.450. The Balaban J connectivity index is 2.25. The number of hydrogen-bond donors (Lipinski definition) is 1. The van der Waals surface area contributed by atoms with E-state index in [0.717, 1.165) is 28.4 Å². The molecule has 0 saturated heterocycles. The summed E-state index contributed by atoms with van der Waals surface area (Å²) in [6.07, 6.45) is 0. The first-order chi connectivity index (χ1) is 11.5. The zero-order valence-corrected chi connectivity index (χ0v) is 17.6. The van der Waals surface area contributed by atoms with Crippen molar-refractivity contribution in [2.45, 2.75) is 52.8 Å². The van der Waals surface area contributed by atoms with Crippen molar-refractivity contribution in [2.24, 2.45) is 7.05 Å². The Labute approximate surface area is 152 Å². The van der Waals surface area contributed by atoms with Crippen LogP contribution in [0.2, 0.25) is 18.1 Å². The highest BCUT2D eigenvalue weighted by Crippen LogP contribution is 2.38. The van der Waals surface area contributed by atoms with Gasteiger partial charge in [-0.25, -0.2) is 0 Å². The fourth-order valence-corrected chi connectivity index (χ4v) is 3.39. The number of hydrogen-bond acceptors (Lipinski definition) is 3. The van der Waals surface area contributed by atoms with E-state index in [1.807, 2.05) is 30.7 Å². The highest BCUT2D eigenvalue weighted by molar-refractivity contribution is 6.74. The van der Waals surface area contributed by atoms with Crippen LogP contribution in [0, 0.1) is 25.2 Å². The molecule has 0 unspecified atom stereocenters. The predicted octanol–water partition coefficient (Wildman–Crippen LogP) is 5.64. The van der Waals surface area contributed by atoms with Crippen molar-refractivity contribution in [2.75, 3.05) is 5.32 Å². The second kappa shape index (κ2) is 6.60. The third-order valence-electron chi connectivity index (χ3n) is 5.30. The van der Waals surface area contributed by atoms with E-state index in [1.165, 1.54) is 0 Å². The van der Waals surface area contributed by atoms with Gasteiger partial charge in [-0.15, -0.1) is 0 Å². The molecule has 0 radical (unpaired) electrons. The van der Waals surface area contributed by atoms with Crippen molar-refractivity contribution < 1.29 is 4.43 Å². The van der Waals surface area contributed by atoms with E-state index in [0.29, 0.717) is 5.69 Å².